The standard InChI is InChI=1S/C14H15NO4/c1-3-7-12(13(16)18-2)15-14(17)19-10-11-8-5-4-6-9-11/h1,4-6,8-9,12H,7,10H2,2H3,(H,15,17)/t12-/m0/s1. The van der Waals surface area contributed by atoms with Crippen LogP contribution in [0.1, 0.15) is 12.0 Å². The summed E-state index contributed by atoms with van der Waals surface area (Å²) in [7, 11) is 1.23. The van der Waals surface area contributed by atoms with Gasteiger partial charge in [0, 0.05) is 6.42 Å². The van der Waals surface area contributed by atoms with Crippen LogP contribution in [0.5, 0.6) is 0 Å². The Kier molecular flexibility index (Phi) is 5.96. The molecule has 0 aromatic heterocycles. The molecule has 0 spiro atoms. The molecule has 1 rings (SSSR count). The van der Waals surface area contributed by atoms with Crippen LogP contribution in [-0.4, -0.2) is 25.2 Å². The van der Waals surface area contributed by atoms with E-state index in [1.165, 1.54) is 7.11 Å². The minimum atomic E-state index is -0.890. The van der Waals surface area contributed by atoms with E-state index in [-0.39, 0.29) is 13.0 Å². The quantitative estimate of drug-likeness (QED) is 0.644. The Morgan fingerprint density at radius 3 is 2.63 bits per heavy atom. The smallest absolute Gasteiger partial charge is 0.408 e. The highest BCUT2D eigenvalue weighted by molar-refractivity contribution is 5.81. The Morgan fingerprint density at radius 2 is 2.05 bits per heavy atom. The van der Waals surface area contributed by atoms with Crippen LogP contribution < -0.4 is 5.32 Å². The first-order chi connectivity index (χ1) is 9.17. The molecule has 0 saturated carbocycles. The number of benzene rings is 1. The zero-order valence-electron chi connectivity index (χ0n) is 10.6. The number of terminal acetylenes is 1. The van der Waals surface area contributed by atoms with Crippen LogP contribution in [0.2, 0.25) is 0 Å². The van der Waals surface area contributed by atoms with Gasteiger partial charge in [0.2, 0.25) is 0 Å². The predicted molar refractivity (Wildman–Crippen MR) is 69.0 cm³/mol. The molecular weight excluding hydrogens is 246 g/mol. The highest BCUT2D eigenvalue weighted by Crippen LogP contribution is 2.01. The van der Waals surface area contributed by atoms with Crippen molar-refractivity contribution in [1.82, 2.24) is 5.32 Å². The molecule has 0 saturated heterocycles. The Labute approximate surface area is 111 Å². The molecule has 0 aliphatic heterocycles. The van der Waals surface area contributed by atoms with Crippen LogP contribution in [0.3, 0.4) is 0 Å². The molecule has 0 unspecified atom stereocenters. The highest BCUT2D eigenvalue weighted by atomic mass is 16.6. The van der Waals surface area contributed by atoms with Gasteiger partial charge in [-0.1, -0.05) is 30.3 Å². The Hall–Kier alpha value is -2.48. The van der Waals surface area contributed by atoms with Crippen LogP contribution in [0.4, 0.5) is 4.79 Å². The van der Waals surface area contributed by atoms with Crippen LogP contribution >= 0.6 is 0 Å². The number of ether oxygens (including phenoxy) is 2. The lowest BCUT2D eigenvalue weighted by Gasteiger charge is -2.14. The fourth-order valence-corrected chi connectivity index (χ4v) is 1.36. The van der Waals surface area contributed by atoms with Gasteiger partial charge in [0.15, 0.2) is 0 Å². The largest absolute Gasteiger partial charge is 0.467 e. The summed E-state index contributed by atoms with van der Waals surface area (Å²) >= 11 is 0. The van der Waals surface area contributed by atoms with Crippen molar-refractivity contribution in [3.63, 3.8) is 0 Å². The van der Waals surface area contributed by atoms with Crippen molar-refractivity contribution >= 4 is 12.1 Å². The van der Waals surface area contributed by atoms with Gasteiger partial charge in [0.25, 0.3) is 0 Å². The number of rotatable bonds is 5. The molecule has 1 atom stereocenters. The molecule has 100 valence electrons. The summed E-state index contributed by atoms with van der Waals surface area (Å²) in [6, 6.07) is 8.31. The SMILES string of the molecule is C#CC[C@H](NC(=O)OCc1ccccc1)C(=O)OC. The van der Waals surface area contributed by atoms with Gasteiger partial charge < -0.3 is 14.8 Å². The van der Waals surface area contributed by atoms with Crippen molar-refractivity contribution in [2.75, 3.05) is 7.11 Å². The van der Waals surface area contributed by atoms with E-state index in [2.05, 4.69) is 16.0 Å². The molecule has 1 aromatic carbocycles. The second-order valence-electron chi connectivity index (χ2n) is 3.69. The number of nitrogens with one attached hydrogen (secondary N) is 1. The highest BCUT2D eigenvalue weighted by Gasteiger charge is 2.20. The maximum absolute atomic E-state index is 11.5. The lowest BCUT2D eigenvalue weighted by molar-refractivity contribution is -0.142. The molecular formula is C14H15NO4. The molecule has 0 heterocycles. The van der Waals surface area contributed by atoms with E-state index in [4.69, 9.17) is 11.2 Å². The van der Waals surface area contributed by atoms with Crippen molar-refractivity contribution in [2.45, 2.75) is 19.1 Å². The number of hydrogen-bond acceptors (Lipinski definition) is 4. The van der Waals surface area contributed by atoms with Gasteiger partial charge in [-0.05, 0) is 5.56 Å². The fraction of sp³-hybridized carbons (Fsp3) is 0.286. The Bertz CT molecular complexity index is 464. The number of carbonyl (C=O) groups is 2. The normalized spacial score (nSPS) is 10.9. The molecule has 0 fully saturated rings. The van der Waals surface area contributed by atoms with E-state index >= 15 is 0 Å². The van der Waals surface area contributed by atoms with Crippen LogP contribution in [0.25, 0.3) is 0 Å². The van der Waals surface area contributed by atoms with Gasteiger partial charge in [-0.15, -0.1) is 12.3 Å². The number of methoxy groups -OCH3 is 1. The summed E-state index contributed by atoms with van der Waals surface area (Å²) in [5.41, 5.74) is 0.851. The summed E-state index contributed by atoms with van der Waals surface area (Å²) in [5, 5.41) is 2.36. The first-order valence-electron chi connectivity index (χ1n) is 5.66. The third-order valence-electron chi connectivity index (χ3n) is 2.31. The summed E-state index contributed by atoms with van der Waals surface area (Å²) in [5.74, 6) is 1.69. The summed E-state index contributed by atoms with van der Waals surface area (Å²) in [4.78, 5) is 22.8. The lowest BCUT2D eigenvalue weighted by atomic mass is 10.2. The summed E-state index contributed by atoms with van der Waals surface area (Å²) in [6.45, 7) is 0.122. The molecule has 0 bridgehead atoms. The van der Waals surface area contributed by atoms with Crippen molar-refractivity contribution in [2.24, 2.45) is 0 Å². The van der Waals surface area contributed by atoms with Crippen LogP contribution in [0, 0.1) is 12.3 Å². The Morgan fingerprint density at radius 1 is 1.37 bits per heavy atom. The number of hydrogen-bond donors (Lipinski definition) is 1. The third kappa shape index (κ3) is 5.13. The molecule has 19 heavy (non-hydrogen) atoms. The van der Waals surface area contributed by atoms with Crippen LogP contribution in [0.15, 0.2) is 30.3 Å². The molecule has 1 aromatic rings. The average Bonchev–Trinajstić information content (AvgIpc) is 2.45. The van der Waals surface area contributed by atoms with E-state index in [0.717, 1.165) is 5.56 Å². The molecule has 5 heteroatoms. The van der Waals surface area contributed by atoms with Crippen molar-refractivity contribution in [3.05, 3.63) is 35.9 Å². The molecule has 0 aliphatic carbocycles. The molecule has 0 aliphatic rings. The van der Waals surface area contributed by atoms with E-state index in [1.54, 1.807) is 0 Å². The second kappa shape index (κ2) is 7.77. The van der Waals surface area contributed by atoms with Gasteiger partial charge in [0.05, 0.1) is 7.11 Å². The van der Waals surface area contributed by atoms with Gasteiger partial charge >= 0.3 is 12.1 Å². The van der Waals surface area contributed by atoms with E-state index in [0.29, 0.717) is 0 Å². The molecule has 1 amide bonds. The minimum absolute atomic E-state index is 0.0487. The van der Waals surface area contributed by atoms with E-state index in [1.807, 2.05) is 30.3 Å². The minimum Gasteiger partial charge on any atom is -0.467 e. The third-order valence-corrected chi connectivity index (χ3v) is 2.31. The van der Waals surface area contributed by atoms with E-state index < -0.39 is 18.1 Å². The number of alkyl carbamates (subject to hydrolysis) is 1. The summed E-state index contributed by atoms with van der Waals surface area (Å²) < 4.78 is 9.50. The maximum atomic E-state index is 11.5. The van der Waals surface area contributed by atoms with Gasteiger partial charge in [-0.3, -0.25) is 0 Å². The van der Waals surface area contributed by atoms with Crippen LogP contribution in [-0.2, 0) is 20.9 Å². The predicted octanol–water partition coefficient (Wildman–Crippen LogP) is 1.48. The second-order valence-corrected chi connectivity index (χ2v) is 3.69. The molecule has 0 radical (unpaired) electrons. The summed E-state index contributed by atoms with van der Waals surface area (Å²) in [6.07, 6.45) is 4.45. The Balaban J connectivity index is 2.45. The van der Waals surface area contributed by atoms with Crippen molar-refractivity contribution < 1.29 is 19.1 Å². The topological polar surface area (TPSA) is 64.6 Å². The van der Waals surface area contributed by atoms with Crippen molar-refractivity contribution in [3.8, 4) is 12.3 Å². The zero-order chi connectivity index (χ0) is 14.1. The van der Waals surface area contributed by atoms with Gasteiger partial charge in [-0.25, -0.2) is 9.59 Å². The van der Waals surface area contributed by atoms with E-state index in [9.17, 15) is 9.59 Å². The fourth-order valence-electron chi connectivity index (χ4n) is 1.36. The number of carbonyl (C=O) groups excluding carboxylic acids is 2. The number of esters is 1. The lowest BCUT2D eigenvalue weighted by Crippen LogP contribution is -2.41. The first-order valence-corrected chi connectivity index (χ1v) is 5.66. The first kappa shape index (κ1) is 14.6. The zero-order valence-corrected chi connectivity index (χ0v) is 10.6. The average molecular weight is 261 g/mol. The number of amides is 1. The van der Waals surface area contributed by atoms with Gasteiger partial charge in [-0.2, -0.15) is 0 Å². The molecule has 1 N–H and O–H groups in total. The monoisotopic (exact) mass is 261 g/mol. The molecule has 5 nitrogen and oxygen atoms in total. The van der Waals surface area contributed by atoms with Crippen molar-refractivity contribution in [1.29, 1.82) is 0 Å². The maximum Gasteiger partial charge on any atom is 0.408 e. The van der Waals surface area contributed by atoms with Gasteiger partial charge in [0.1, 0.15) is 12.6 Å².